The Labute approximate surface area is 113 Å². The molecule has 1 aromatic carbocycles. The highest BCUT2D eigenvalue weighted by Crippen LogP contribution is 2.32. The number of nitrogens with two attached hydrogens (primary N) is 1. The van der Waals surface area contributed by atoms with E-state index in [9.17, 15) is 0 Å². The molecule has 0 amide bonds. The molecular formula is C15H19N3O. The summed E-state index contributed by atoms with van der Waals surface area (Å²) in [7, 11) is 0. The first-order valence-electron chi connectivity index (χ1n) is 6.92. The molecule has 1 aliphatic carbocycles. The van der Waals surface area contributed by atoms with Crippen molar-refractivity contribution >= 4 is 10.8 Å². The lowest BCUT2D eigenvalue weighted by molar-refractivity contribution is 0.211. The summed E-state index contributed by atoms with van der Waals surface area (Å²) in [6.07, 6.45) is 5.46. The Morgan fingerprint density at radius 3 is 2.95 bits per heavy atom. The van der Waals surface area contributed by atoms with Gasteiger partial charge in [0.1, 0.15) is 0 Å². The number of nitrogens with zero attached hydrogens (tertiary/aromatic N) is 2. The third-order valence-corrected chi connectivity index (χ3v) is 4.09. The molecule has 1 aromatic heterocycles. The Balaban J connectivity index is 1.75. The molecule has 4 nitrogen and oxygen atoms in total. The zero-order chi connectivity index (χ0) is 13.1. The average Bonchev–Trinajstić information content (AvgIpc) is 2.92. The Bertz CT molecular complexity index is 553. The Morgan fingerprint density at radius 2 is 2.05 bits per heavy atom. The van der Waals surface area contributed by atoms with Crippen LogP contribution >= 0.6 is 0 Å². The van der Waals surface area contributed by atoms with Crippen LogP contribution in [0.15, 0.2) is 30.5 Å². The number of aromatic nitrogens is 2. The number of fused-ring (bicyclic) bond motifs is 1. The molecule has 0 saturated heterocycles. The van der Waals surface area contributed by atoms with Gasteiger partial charge in [-0.3, -0.25) is 0 Å². The van der Waals surface area contributed by atoms with E-state index < -0.39 is 0 Å². The minimum absolute atomic E-state index is 0.561. The van der Waals surface area contributed by atoms with Gasteiger partial charge in [0.15, 0.2) is 0 Å². The maximum absolute atomic E-state index is 5.91. The van der Waals surface area contributed by atoms with E-state index in [4.69, 9.17) is 10.5 Å². The van der Waals surface area contributed by atoms with E-state index in [1.54, 1.807) is 6.20 Å². The Morgan fingerprint density at radius 1 is 1.21 bits per heavy atom. The van der Waals surface area contributed by atoms with Gasteiger partial charge < -0.3 is 10.5 Å². The molecule has 0 radical (unpaired) electrons. The number of rotatable bonds is 4. The second-order valence-corrected chi connectivity index (χ2v) is 5.23. The van der Waals surface area contributed by atoms with Gasteiger partial charge in [-0.05, 0) is 37.3 Å². The lowest BCUT2D eigenvalue weighted by Gasteiger charge is -2.18. The van der Waals surface area contributed by atoms with E-state index in [2.05, 4.69) is 10.2 Å². The molecule has 2 aromatic rings. The summed E-state index contributed by atoms with van der Waals surface area (Å²) in [5, 5.41) is 10.2. The number of hydrogen-bond donors (Lipinski definition) is 1. The van der Waals surface area contributed by atoms with Crippen molar-refractivity contribution in [3.8, 4) is 5.88 Å². The summed E-state index contributed by atoms with van der Waals surface area (Å²) in [4.78, 5) is 0. The fourth-order valence-corrected chi connectivity index (χ4v) is 2.94. The van der Waals surface area contributed by atoms with Crippen LogP contribution in [0.5, 0.6) is 5.88 Å². The molecular weight excluding hydrogens is 238 g/mol. The van der Waals surface area contributed by atoms with Crippen LogP contribution in [0.2, 0.25) is 0 Å². The van der Waals surface area contributed by atoms with Gasteiger partial charge in [-0.1, -0.05) is 24.6 Å². The molecule has 0 bridgehead atoms. The van der Waals surface area contributed by atoms with E-state index in [0.29, 0.717) is 24.3 Å². The van der Waals surface area contributed by atoms with E-state index in [1.807, 2.05) is 24.3 Å². The van der Waals surface area contributed by atoms with Crippen molar-refractivity contribution in [3.63, 3.8) is 0 Å². The van der Waals surface area contributed by atoms with Crippen LogP contribution in [0.25, 0.3) is 10.8 Å². The van der Waals surface area contributed by atoms with E-state index in [-0.39, 0.29) is 0 Å². The van der Waals surface area contributed by atoms with Crippen LogP contribution in [0.1, 0.15) is 19.3 Å². The predicted octanol–water partition coefficient (Wildman–Crippen LogP) is 2.38. The molecule has 2 atom stereocenters. The van der Waals surface area contributed by atoms with Crippen molar-refractivity contribution in [1.29, 1.82) is 0 Å². The van der Waals surface area contributed by atoms with E-state index in [1.165, 1.54) is 19.3 Å². The lowest BCUT2D eigenvalue weighted by Crippen LogP contribution is -2.23. The van der Waals surface area contributed by atoms with Gasteiger partial charge in [0, 0.05) is 10.8 Å². The summed E-state index contributed by atoms with van der Waals surface area (Å²) in [6, 6.07) is 8.04. The van der Waals surface area contributed by atoms with Crippen molar-refractivity contribution < 1.29 is 4.74 Å². The molecule has 3 rings (SSSR count). The smallest absolute Gasteiger partial charge is 0.241 e. The molecule has 1 aliphatic rings. The highest BCUT2D eigenvalue weighted by Gasteiger charge is 2.26. The van der Waals surface area contributed by atoms with Crippen molar-refractivity contribution in [2.75, 3.05) is 13.2 Å². The highest BCUT2D eigenvalue weighted by atomic mass is 16.5. The zero-order valence-corrected chi connectivity index (χ0v) is 11.0. The molecule has 1 saturated carbocycles. The van der Waals surface area contributed by atoms with Crippen molar-refractivity contribution in [2.24, 2.45) is 17.6 Å². The third kappa shape index (κ3) is 2.54. The molecule has 0 spiro atoms. The lowest BCUT2D eigenvalue weighted by atomic mass is 9.97. The summed E-state index contributed by atoms with van der Waals surface area (Å²) in [5.74, 6) is 1.80. The molecule has 1 fully saturated rings. The van der Waals surface area contributed by atoms with Gasteiger partial charge >= 0.3 is 0 Å². The number of ether oxygens (including phenoxy) is 1. The summed E-state index contributed by atoms with van der Waals surface area (Å²) in [5.41, 5.74) is 5.80. The summed E-state index contributed by atoms with van der Waals surface area (Å²) >= 11 is 0. The number of hydrogen-bond acceptors (Lipinski definition) is 4. The first kappa shape index (κ1) is 12.4. The minimum Gasteiger partial charge on any atom is -0.476 e. The van der Waals surface area contributed by atoms with Crippen LogP contribution in [0.3, 0.4) is 0 Å². The minimum atomic E-state index is 0.561. The Hall–Kier alpha value is -1.68. The number of benzene rings is 1. The van der Waals surface area contributed by atoms with Gasteiger partial charge in [-0.25, -0.2) is 0 Å². The van der Waals surface area contributed by atoms with Gasteiger partial charge in [-0.15, -0.1) is 5.10 Å². The summed E-state index contributed by atoms with van der Waals surface area (Å²) in [6.45, 7) is 1.46. The molecule has 4 heteroatoms. The van der Waals surface area contributed by atoms with Gasteiger partial charge in [0.05, 0.1) is 12.8 Å². The highest BCUT2D eigenvalue weighted by molar-refractivity contribution is 5.85. The van der Waals surface area contributed by atoms with Crippen molar-refractivity contribution in [1.82, 2.24) is 10.2 Å². The zero-order valence-electron chi connectivity index (χ0n) is 11.0. The Kier molecular flexibility index (Phi) is 3.60. The quantitative estimate of drug-likeness (QED) is 0.913. The molecule has 0 aliphatic heterocycles. The predicted molar refractivity (Wildman–Crippen MR) is 74.9 cm³/mol. The maximum atomic E-state index is 5.91. The first-order valence-corrected chi connectivity index (χ1v) is 6.92. The molecule has 2 unspecified atom stereocenters. The molecule has 1 heterocycles. The molecule has 100 valence electrons. The maximum Gasteiger partial charge on any atom is 0.241 e. The standard InChI is InChI=1S/C15H19N3O/c16-8-11-5-3-6-13(11)10-19-15-14-7-2-1-4-12(14)9-17-18-15/h1-2,4,7,9,11,13H,3,5-6,8,10,16H2. The van der Waals surface area contributed by atoms with Crippen LogP contribution < -0.4 is 10.5 Å². The fraction of sp³-hybridized carbons (Fsp3) is 0.467. The van der Waals surface area contributed by atoms with Gasteiger partial charge in [-0.2, -0.15) is 5.10 Å². The first-order chi connectivity index (χ1) is 9.38. The third-order valence-electron chi connectivity index (χ3n) is 4.09. The van der Waals surface area contributed by atoms with Crippen LogP contribution in [0, 0.1) is 11.8 Å². The SMILES string of the molecule is NCC1CCCC1COc1nncc2ccccc12. The van der Waals surface area contributed by atoms with Crippen LogP contribution in [0.4, 0.5) is 0 Å². The topological polar surface area (TPSA) is 61.0 Å². The van der Waals surface area contributed by atoms with Gasteiger partial charge in [0.25, 0.3) is 0 Å². The second kappa shape index (κ2) is 5.53. The largest absolute Gasteiger partial charge is 0.476 e. The van der Waals surface area contributed by atoms with E-state index in [0.717, 1.165) is 17.3 Å². The normalized spacial score (nSPS) is 22.8. The van der Waals surface area contributed by atoms with Crippen LogP contribution in [-0.4, -0.2) is 23.3 Å². The monoisotopic (exact) mass is 257 g/mol. The van der Waals surface area contributed by atoms with Crippen LogP contribution in [-0.2, 0) is 0 Å². The average molecular weight is 257 g/mol. The molecule has 19 heavy (non-hydrogen) atoms. The fourth-order valence-electron chi connectivity index (χ4n) is 2.94. The van der Waals surface area contributed by atoms with Crippen molar-refractivity contribution in [2.45, 2.75) is 19.3 Å². The summed E-state index contributed by atoms with van der Waals surface area (Å²) < 4.78 is 5.91. The van der Waals surface area contributed by atoms with Crippen molar-refractivity contribution in [3.05, 3.63) is 30.5 Å². The molecule has 2 N–H and O–H groups in total. The van der Waals surface area contributed by atoms with Gasteiger partial charge in [0.2, 0.25) is 5.88 Å². The second-order valence-electron chi connectivity index (χ2n) is 5.23. The van der Waals surface area contributed by atoms with E-state index >= 15 is 0 Å².